The second-order valence-corrected chi connectivity index (χ2v) is 7.86. The zero-order valence-electron chi connectivity index (χ0n) is 18.6. The van der Waals surface area contributed by atoms with E-state index in [1.165, 1.54) is 15.3 Å². The van der Waals surface area contributed by atoms with Gasteiger partial charge in [0.15, 0.2) is 5.52 Å². The third-order valence-corrected chi connectivity index (χ3v) is 5.52. The van der Waals surface area contributed by atoms with Gasteiger partial charge in [-0.1, -0.05) is 36.4 Å². The molecule has 0 spiro atoms. The Labute approximate surface area is 188 Å². The van der Waals surface area contributed by atoms with Crippen LogP contribution in [0.25, 0.3) is 11.0 Å². The fourth-order valence-electron chi connectivity index (χ4n) is 3.86. The van der Waals surface area contributed by atoms with Crippen molar-refractivity contribution in [1.82, 2.24) is 18.9 Å². The zero-order valence-corrected chi connectivity index (χ0v) is 18.6. The van der Waals surface area contributed by atoms with E-state index in [0.717, 1.165) is 10.1 Å². The van der Waals surface area contributed by atoms with Gasteiger partial charge < -0.3 is 5.32 Å². The molecule has 1 amide bonds. The summed E-state index contributed by atoms with van der Waals surface area (Å²) >= 11 is 0. The molecule has 1 N–H and O–H groups in total. The number of nitrogens with zero attached hydrogens (tertiary/aromatic N) is 4. The fraction of sp³-hybridized carbons (Fsp3) is 0.250. The molecule has 0 fully saturated rings. The molecule has 0 aliphatic rings. The van der Waals surface area contributed by atoms with Crippen molar-refractivity contribution in [3.8, 4) is 0 Å². The summed E-state index contributed by atoms with van der Waals surface area (Å²) in [5.41, 5.74) is 1.51. The van der Waals surface area contributed by atoms with Crippen molar-refractivity contribution >= 4 is 22.6 Å². The average molecular weight is 449 g/mol. The molecule has 0 saturated carbocycles. The summed E-state index contributed by atoms with van der Waals surface area (Å²) in [7, 11) is 0. The molecule has 0 aliphatic carbocycles. The van der Waals surface area contributed by atoms with E-state index in [1.54, 1.807) is 26.0 Å². The number of benzene rings is 2. The highest BCUT2D eigenvalue weighted by Gasteiger charge is 2.21. The van der Waals surface area contributed by atoms with Crippen molar-refractivity contribution in [3.05, 3.63) is 92.0 Å². The third-order valence-electron chi connectivity index (χ3n) is 5.52. The smallest absolute Gasteiger partial charge is 0.324 e. The van der Waals surface area contributed by atoms with Gasteiger partial charge in [-0.2, -0.15) is 5.10 Å². The van der Waals surface area contributed by atoms with Crippen LogP contribution in [-0.2, 0) is 24.4 Å². The Morgan fingerprint density at radius 3 is 2.42 bits per heavy atom. The van der Waals surface area contributed by atoms with Crippen molar-refractivity contribution in [1.29, 1.82) is 0 Å². The number of aromatic nitrogens is 4. The molecule has 0 bridgehead atoms. The first-order chi connectivity index (χ1) is 15.8. The van der Waals surface area contributed by atoms with Crippen LogP contribution in [-0.4, -0.2) is 24.8 Å². The van der Waals surface area contributed by atoms with Gasteiger partial charge in [-0.25, -0.2) is 9.18 Å². The Morgan fingerprint density at radius 2 is 1.76 bits per heavy atom. The molecular weight excluding hydrogens is 425 g/mol. The number of anilines is 1. The first kappa shape index (κ1) is 22.2. The Kier molecular flexibility index (Phi) is 5.95. The van der Waals surface area contributed by atoms with Crippen molar-refractivity contribution in [2.24, 2.45) is 0 Å². The largest absolute Gasteiger partial charge is 0.332 e. The number of aryl methyl sites for hydroxylation is 3. The number of hydrogen-bond donors (Lipinski definition) is 1. The van der Waals surface area contributed by atoms with Gasteiger partial charge in [-0.3, -0.25) is 23.4 Å². The molecule has 2 aromatic carbocycles. The van der Waals surface area contributed by atoms with Crippen LogP contribution >= 0.6 is 0 Å². The van der Waals surface area contributed by atoms with Crippen molar-refractivity contribution in [3.63, 3.8) is 0 Å². The zero-order chi connectivity index (χ0) is 23.7. The van der Waals surface area contributed by atoms with Gasteiger partial charge in [-0.15, -0.1) is 0 Å². The van der Waals surface area contributed by atoms with Crippen LogP contribution in [0, 0.1) is 19.7 Å². The first-order valence-electron chi connectivity index (χ1n) is 10.6. The van der Waals surface area contributed by atoms with Crippen molar-refractivity contribution in [2.75, 3.05) is 5.32 Å². The van der Waals surface area contributed by atoms with Gasteiger partial charge in [0, 0.05) is 12.2 Å². The number of amides is 1. The average Bonchev–Trinajstić information content (AvgIpc) is 3.14. The van der Waals surface area contributed by atoms with E-state index >= 15 is 0 Å². The summed E-state index contributed by atoms with van der Waals surface area (Å²) < 4.78 is 17.8. The van der Waals surface area contributed by atoms with Gasteiger partial charge in [0.25, 0.3) is 5.56 Å². The van der Waals surface area contributed by atoms with Crippen molar-refractivity contribution in [2.45, 2.75) is 40.4 Å². The Morgan fingerprint density at radius 1 is 1.03 bits per heavy atom. The van der Waals surface area contributed by atoms with Crippen LogP contribution in [0.1, 0.15) is 23.7 Å². The van der Waals surface area contributed by atoms with Crippen LogP contribution in [0.2, 0.25) is 0 Å². The molecule has 33 heavy (non-hydrogen) atoms. The van der Waals surface area contributed by atoms with E-state index in [4.69, 9.17) is 0 Å². The highest BCUT2D eigenvalue weighted by atomic mass is 19.1. The Balaban J connectivity index is 1.81. The van der Waals surface area contributed by atoms with Gasteiger partial charge in [0.05, 0.1) is 12.2 Å². The van der Waals surface area contributed by atoms with E-state index < -0.39 is 23.0 Å². The summed E-state index contributed by atoms with van der Waals surface area (Å²) in [5.74, 6) is -0.959. The minimum atomic E-state index is -0.611. The molecule has 170 valence electrons. The molecular formula is C24H24FN5O3. The van der Waals surface area contributed by atoms with Gasteiger partial charge in [0.1, 0.15) is 17.9 Å². The number of fused-ring (bicyclic) bond motifs is 1. The summed E-state index contributed by atoms with van der Waals surface area (Å²) in [4.78, 5) is 39.5. The van der Waals surface area contributed by atoms with Gasteiger partial charge in [-0.05, 0) is 44.0 Å². The molecule has 8 nitrogen and oxygen atoms in total. The molecule has 0 aliphatic heterocycles. The number of nitrogens with one attached hydrogen (secondary N) is 1. The molecule has 0 unspecified atom stereocenters. The maximum atomic E-state index is 13.9. The number of carbonyl (C=O) groups excluding carboxylic acids is 1. The topological polar surface area (TPSA) is 90.9 Å². The van der Waals surface area contributed by atoms with Crippen molar-refractivity contribution < 1.29 is 9.18 Å². The predicted molar refractivity (Wildman–Crippen MR) is 124 cm³/mol. The van der Waals surface area contributed by atoms with E-state index in [9.17, 15) is 18.8 Å². The monoisotopic (exact) mass is 449 g/mol. The van der Waals surface area contributed by atoms with Gasteiger partial charge in [0.2, 0.25) is 5.91 Å². The van der Waals surface area contributed by atoms with Crippen LogP contribution in [0.4, 0.5) is 10.1 Å². The number of halogens is 1. The van der Waals surface area contributed by atoms with Crippen LogP contribution < -0.4 is 16.6 Å². The van der Waals surface area contributed by atoms with Gasteiger partial charge >= 0.3 is 5.69 Å². The summed E-state index contributed by atoms with van der Waals surface area (Å²) in [6.45, 7) is 5.31. The SMILES string of the molecule is CCn1nc(C)c2c1c(=O)n(Cc1ccccc1)c(=O)n2CC(=O)Nc1ccc(C)c(F)c1. The maximum absolute atomic E-state index is 13.9. The van der Waals surface area contributed by atoms with E-state index in [2.05, 4.69) is 10.4 Å². The Bertz CT molecular complexity index is 1470. The quantitative estimate of drug-likeness (QED) is 0.490. The molecule has 0 radical (unpaired) electrons. The minimum absolute atomic E-state index is 0.0627. The minimum Gasteiger partial charge on any atom is -0.324 e. The predicted octanol–water partition coefficient (Wildman–Crippen LogP) is 2.82. The van der Waals surface area contributed by atoms with Crippen LogP contribution in [0.3, 0.4) is 0 Å². The second-order valence-electron chi connectivity index (χ2n) is 7.86. The summed E-state index contributed by atoms with van der Waals surface area (Å²) in [5, 5.41) is 7.02. The highest BCUT2D eigenvalue weighted by molar-refractivity contribution is 5.91. The number of rotatable bonds is 6. The number of hydrogen-bond acceptors (Lipinski definition) is 4. The summed E-state index contributed by atoms with van der Waals surface area (Å²) in [6.07, 6.45) is 0. The molecule has 2 aromatic heterocycles. The molecule has 0 atom stereocenters. The molecule has 9 heteroatoms. The maximum Gasteiger partial charge on any atom is 0.332 e. The highest BCUT2D eigenvalue weighted by Crippen LogP contribution is 2.16. The van der Waals surface area contributed by atoms with Crippen LogP contribution in [0.15, 0.2) is 58.1 Å². The standard InChI is InChI=1S/C24H24FN5O3/c1-4-30-22-21(16(3)27-30)28(14-20(31)26-18-11-10-15(2)19(25)12-18)24(33)29(23(22)32)13-17-8-6-5-7-9-17/h5-12H,4,13-14H2,1-3H3,(H,26,31). The lowest BCUT2D eigenvalue weighted by atomic mass is 10.2. The lowest BCUT2D eigenvalue weighted by molar-refractivity contribution is -0.116. The Hall–Kier alpha value is -4.01. The van der Waals surface area contributed by atoms with E-state index in [1.807, 2.05) is 37.3 Å². The third kappa shape index (κ3) is 4.21. The molecule has 0 saturated heterocycles. The van der Waals surface area contributed by atoms with E-state index in [0.29, 0.717) is 23.3 Å². The summed E-state index contributed by atoms with van der Waals surface area (Å²) in [6, 6.07) is 13.5. The molecule has 4 rings (SSSR count). The fourth-order valence-corrected chi connectivity index (χ4v) is 3.86. The first-order valence-corrected chi connectivity index (χ1v) is 10.6. The second kappa shape index (κ2) is 8.85. The van der Waals surface area contributed by atoms with Crippen LogP contribution in [0.5, 0.6) is 0 Å². The molecule has 2 heterocycles. The molecule has 4 aromatic rings. The lowest BCUT2D eigenvalue weighted by Crippen LogP contribution is -2.42. The number of carbonyl (C=O) groups is 1. The normalized spacial score (nSPS) is 11.2. The van der Waals surface area contributed by atoms with E-state index in [-0.39, 0.29) is 24.3 Å². The lowest BCUT2D eigenvalue weighted by Gasteiger charge is -2.13.